The second kappa shape index (κ2) is 8.20. The van der Waals surface area contributed by atoms with E-state index < -0.39 is 0 Å². The maximum atomic E-state index is 13.0. The summed E-state index contributed by atoms with van der Waals surface area (Å²) in [5.41, 5.74) is 2.13. The zero-order valence-corrected chi connectivity index (χ0v) is 13.4. The molecule has 118 valence electrons. The Labute approximate surface area is 138 Å². The first-order valence-corrected chi connectivity index (χ1v) is 7.97. The van der Waals surface area contributed by atoms with Crippen LogP contribution in [0.4, 0.5) is 15.8 Å². The van der Waals surface area contributed by atoms with Crippen molar-refractivity contribution in [3.8, 4) is 6.07 Å². The molecule has 0 aliphatic rings. The Hall–Kier alpha value is -2.52. The van der Waals surface area contributed by atoms with Crippen LogP contribution < -0.4 is 10.6 Å². The standard InChI is InChI=1S/C17H16FN3OS/c1-12-10-13(18)6-7-14(12)20-11-17(22)21-15-4-2-3-5-16(15)23-9-8-19/h2-7,10,20H,9,11H2,1H3,(H,21,22). The molecular weight excluding hydrogens is 313 g/mol. The number of rotatable bonds is 6. The number of halogens is 1. The minimum atomic E-state index is -0.305. The third-order valence-corrected chi connectivity index (χ3v) is 4.02. The average Bonchev–Trinajstić information content (AvgIpc) is 2.53. The Morgan fingerprint density at radius 2 is 2.04 bits per heavy atom. The summed E-state index contributed by atoms with van der Waals surface area (Å²) in [5, 5.41) is 14.5. The van der Waals surface area contributed by atoms with Crippen LogP contribution in [0.1, 0.15) is 5.56 Å². The van der Waals surface area contributed by atoms with Gasteiger partial charge in [0.25, 0.3) is 0 Å². The van der Waals surface area contributed by atoms with Gasteiger partial charge in [-0.3, -0.25) is 4.79 Å². The van der Waals surface area contributed by atoms with Crippen LogP contribution in [0.3, 0.4) is 0 Å². The van der Waals surface area contributed by atoms with Crippen LogP contribution in [0.2, 0.25) is 0 Å². The molecule has 0 fully saturated rings. The zero-order chi connectivity index (χ0) is 16.7. The number of carbonyl (C=O) groups is 1. The third kappa shape index (κ3) is 5.01. The summed E-state index contributed by atoms with van der Waals surface area (Å²) in [6.45, 7) is 1.85. The van der Waals surface area contributed by atoms with Gasteiger partial charge in [0.15, 0.2) is 0 Å². The Bertz CT molecular complexity index is 743. The molecule has 0 spiro atoms. The van der Waals surface area contributed by atoms with E-state index in [1.165, 1.54) is 23.9 Å². The van der Waals surface area contributed by atoms with Gasteiger partial charge in [-0.25, -0.2) is 4.39 Å². The fourth-order valence-electron chi connectivity index (χ4n) is 2.00. The van der Waals surface area contributed by atoms with Gasteiger partial charge >= 0.3 is 0 Å². The topological polar surface area (TPSA) is 64.9 Å². The number of amides is 1. The molecule has 23 heavy (non-hydrogen) atoms. The molecule has 0 bridgehead atoms. The quantitative estimate of drug-likeness (QED) is 0.791. The molecule has 0 unspecified atom stereocenters. The van der Waals surface area contributed by atoms with Gasteiger partial charge in [-0.1, -0.05) is 12.1 Å². The fourth-order valence-corrected chi connectivity index (χ4v) is 2.67. The minimum absolute atomic E-state index is 0.0731. The van der Waals surface area contributed by atoms with Crippen molar-refractivity contribution >= 4 is 29.0 Å². The predicted octanol–water partition coefficient (Wildman–Crippen LogP) is 3.80. The molecule has 0 aromatic heterocycles. The van der Waals surface area contributed by atoms with E-state index >= 15 is 0 Å². The number of hydrogen-bond acceptors (Lipinski definition) is 4. The lowest BCUT2D eigenvalue weighted by Gasteiger charge is -2.12. The number of thioether (sulfide) groups is 1. The van der Waals surface area contributed by atoms with E-state index in [0.29, 0.717) is 17.1 Å². The molecule has 0 heterocycles. The SMILES string of the molecule is Cc1cc(F)ccc1NCC(=O)Nc1ccccc1SCC#N. The van der Waals surface area contributed by atoms with Crippen LogP contribution in [0.5, 0.6) is 0 Å². The van der Waals surface area contributed by atoms with E-state index in [9.17, 15) is 9.18 Å². The van der Waals surface area contributed by atoms with E-state index in [2.05, 4.69) is 16.7 Å². The first-order valence-electron chi connectivity index (χ1n) is 6.99. The number of aryl methyl sites for hydroxylation is 1. The second-order valence-electron chi connectivity index (χ2n) is 4.80. The van der Waals surface area contributed by atoms with Crippen molar-refractivity contribution in [3.05, 3.63) is 53.8 Å². The summed E-state index contributed by atoms with van der Waals surface area (Å²) < 4.78 is 13.0. The number of nitrogens with one attached hydrogen (secondary N) is 2. The number of nitrogens with zero attached hydrogens (tertiary/aromatic N) is 1. The summed E-state index contributed by atoms with van der Waals surface area (Å²) in [7, 11) is 0. The normalized spacial score (nSPS) is 9.96. The van der Waals surface area contributed by atoms with Crippen molar-refractivity contribution in [3.63, 3.8) is 0 Å². The maximum Gasteiger partial charge on any atom is 0.243 e. The molecule has 2 aromatic rings. The highest BCUT2D eigenvalue weighted by atomic mass is 32.2. The average molecular weight is 329 g/mol. The molecule has 0 aliphatic heterocycles. The van der Waals surface area contributed by atoms with Gasteiger partial charge in [-0.05, 0) is 42.8 Å². The monoisotopic (exact) mass is 329 g/mol. The van der Waals surface area contributed by atoms with E-state index in [-0.39, 0.29) is 18.3 Å². The highest BCUT2D eigenvalue weighted by Gasteiger charge is 2.08. The van der Waals surface area contributed by atoms with Crippen LogP contribution >= 0.6 is 11.8 Å². The van der Waals surface area contributed by atoms with Gasteiger partial charge < -0.3 is 10.6 Å². The smallest absolute Gasteiger partial charge is 0.243 e. The minimum Gasteiger partial charge on any atom is -0.376 e. The molecule has 0 saturated carbocycles. The third-order valence-electron chi connectivity index (χ3n) is 3.08. The molecule has 0 saturated heterocycles. The number of hydrogen-bond donors (Lipinski definition) is 2. The van der Waals surface area contributed by atoms with Crippen molar-refractivity contribution < 1.29 is 9.18 Å². The molecule has 2 aromatic carbocycles. The van der Waals surface area contributed by atoms with Gasteiger partial charge in [0.05, 0.1) is 24.1 Å². The number of nitriles is 1. The Kier molecular flexibility index (Phi) is 6.01. The lowest BCUT2D eigenvalue weighted by atomic mass is 10.2. The van der Waals surface area contributed by atoms with E-state index in [0.717, 1.165) is 10.5 Å². The predicted molar refractivity (Wildman–Crippen MR) is 91.0 cm³/mol. The van der Waals surface area contributed by atoms with Crippen LogP contribution in [0, 0.1) is 24.1 Å². The van der Waals surface area contributed by atoms with E-state index in [4.69, 9.17) is 5.26 Å². The molecule has 6 heteroatoms. The number of anilines is 2. The van der Waals surface area contributed by atoms with Gasteiger partial charge in [-0.15, -0.1) is 11.8 Å². The van der Waals surface area contributed by atoms with Crippen LogP contribution in [-0.4, -0.2) is 18.2 Å². The van der Waals surface area contributed by atoms with Crippen LogP contribution in [0.15, 0.2) is 47.4 Å². The summed E-state index contributed by atoms with van der Waals surface area (Å²) in [4.78, 5) is 12.9. The maximum absolute atomic E-state index is 13.0. The molecule has 2 N–H and O–H groups in total. The fraction of sp³-hybridized carbons (Fsp3) is 0.176. The van der Waals surface area contributed by atoms with Crippen molar-refractivity contribution in [1.82, 2.24) is 0 Å². The van der Waals surface area contributed by atoms with Gasteiger partial charge in [0.1, 0.15) is 5.82 Å². The number of para-hydroxylation sites is 1. The van der Waals surface area contributed by atoms with Gasteiger partial charge in [0, 0.05) is 10.6 Å². The van der Waals surface area contributed by atoms with Crippen LogP contribution in [0.25, 0.3) is 0 Å². The summed E-state index contributed by atoms with van der Waals surface area (Å²) in [6, 6.07) is 13.8. The second-order valence-corrected chi connectivity index (χ2v) is 5.82. The highest BCUT2D eigenvalue weighted by molar-refractivity contribution is 7.99. The first-order chi connectivity index (χ1) is 11.1. The molecule has 4 nitrogen and oxygen atoms in total. The van der Waals surface area contributed by atoms with Crippen molar-refractivity contribution in [2.45, 2.75) is 11.8 Å². The first kappa shape index (κ1) is 16.8. The van der Waals surface area contributed by atoms with E-state index in [1.54, 1.807) is 19.1 Å². The lowest BCUT2D eigenvalue weighted by molar-refractivity contribution is -0.114. The van der Waals surface area contributed by atoms with Crippen molar-refractivity contribution in [2.24, 2.45) is 0 Å². The number of benzene rings is 2. The number of carbonyl (C=O) groups excluding carboxylic acids is 1. The van der Waals surface area contributed by atoms with Crippen molar-refractivity contribution in [2.75, 3.05) is 22.9 Å². The Morgan fingerprint density at radius 3 is 2.78 bits per heavy atom. The molecule has 0 atom stereocenters. The van der Waals surface area contributed by atoms with Crippen molar-refractivity contribution in [1.29, 1.82) is 5.26 Å². The Balaban J connectivity index is 1.96. The van der Waals surface area contributed by atoms with Gasteiger partial charge in [-0.2, -0.15) is 5.26 Å². The molecular formula is C17H16FN3OS. The summed E-state index contributed by atoms with van der Waals surface area (Å²) in [5.74, 6) is -0.195. The Morgan fingerprint density at radius 1 is 1.26 bits per heavy atom. The van der Waals surface area contributed by atoms with E-state index in [1.807, 2.05) is 18.2 Å². The van der Waals surface area contributed by atoms with Gasteiger partial charge in [0.2, 0.25) is 5.91 Å². The highest BCUT2D eigenvalue weighted by Crippen LogP contribution is 2.26. The lowest BCUT2D eigenvalue weighted by Crippen LogP contribution is -2.22. The zero-order valence-electron chi connectivity index (χ0n) is 12.6. The molecule has 0 radical (unpaired) electrons. The largest absolute Gasteiger partial charge is 0.376 e. The van der Waals surface area contributed by atoms with Crippen LogP contribution in [-0.2, 0) is 4.79 Å². The molecule has 0 aliphatic carbocycles. The molecule has 2 rings (SSSR count). The molecule has 1 amide bonds. The summed E-state index contributed by atoms with van der Waals surface area (Å²) in [6.07, 6.45) is 0. The summed E-state index contributed by atoms with van der Waals surface area (Å²) >= 11 is 1.37.